The third kappa shape index (κ3) is 3.96. The maximum atomic E-state index is 11.7. The van der Waals surface area contributed by atoms with E-state index in [-0.39, 0.29) is 5.30 Å². The van der Waals surface area contributed by atoms with Crippen LogP contribution in [-0.4, -0.2) is 14.4 Å². The zero-order chi connectivity index (χ0) is 21.8. The average molecular weight is 651 g/mol. The van der Waals surface area contributed by atoms with E-state index in [9.17, 15) is 14.4 Å². The van der Waals surface area contributed by atoms with E-state index in [1.54, 1.807) is 12.1 Å². The van der Waals surface area contributed by atoms with Crippen molar-refractivity contribution in [1.82, 2.24) is 4.57 Å². The lowest BCUT2D eigenvalue weighted by molar-refractivity contribution is 0.387. The molecule has 0 aliphatic rings. The number of hydrogen-bond donors (Lipinski definition) is 2. The SMILES string of the molecule is O=P(O)(O)c1cccc(-c2cccc(-n3c4ccc(I)cc4c4cc(I)ccc43)c2)c1. The quantitative estimate of drug-likeness (QED) is 0.174. The highest BCUT2D eigenvalue weighted by molar-refractivity contribution is 14.1. The first-order chi connectivity index (χ1) is 14.8. The van der Waals surface area contributed by atoms with Crippen LogP contribution in [0.4, 0.5) is 0 Å². The fraction of sp³-hybridized carbons (Fsp3) is 0. The zero-order valence-electron chi connectivity index (χ0n) is 16.0. The highest BCUT2D eigenvalue weighted by Gasteiger charge is 2.18. The second kappa shape index (κ2) is 8.01. The Kier molecular flexibility index (Phi) is 5.46. The first-order valence-corrected chi connectivity index (χ1v) is 13.2. The van der Waals surface area contributed by atoms with E-state index in [4.69, 9.17) is 0 Å². The van der Waals surface area contributed by atoms with E-state index in [1.165, 1.54) is 24.0 Å². The molecular weight excluding hydrogens is 635 g/mol. The van der Waals surface area contributed by atoms with Gasteiger partial charge in [0.15, 0.2) is 0 Å². The van der Waals surface area contributed by atoms with Gasteiger partial charge in [-0.2, -0.15) is 0 Å². The number of benzene rings is 4. The molecule has 5 aromatic rings. The van der Waals surface area contributed by atoms with Crippen LogP contribution in [-0.2, 0) is 4.57 Å². The zero-order valence-corrected chi connectivity index (χ0v) is 21.2. The molecule has 2 N–H and O–H groups in total. The van der Waals surface area contributed by atoms with Crippen LogP contribution in [0.25, 0.3) is 38.6 Å². The minimum absolute atomic E-state index is 0.0245. The van der Waals surface area contributed by atoms with E-state index in [0.29, 0.717) is 0 Å². The molecule has 0 aliphatic heterocycles. The predicted octanol–water partition coefficient (Wildman–Crippen LogP) is 6.46. The first kappa shape index (κ1) is 21.2. The van der Waals surface area contributed by atoms with Gasteiger partial charge in [0.2, 0.25) is 0 Å². The molecule has 7 heteroatoms. The minimum atomic E-state index is -4.31. The summed E-state index contributed by atoms with van der Waals surface area (Å²) in [5.74, 6) is 0. The summed E-state index contributed by atoms with van der Waals surface area (Å²) in [6, 6.07) is 27.6. The van der Waals surface area contributed by atoms with Crippen LogP contribution in [0.15, 0.2) is 84.9 Å². The average Bonchev–Trinajstić information content (AvgIpc) is 3.06. The molecule has 0 amide bonds. The molecule has 0 atom stereocenters. The lowest BCUT2D eigenvalue weighted by atomic mass is 10.1. The van der Waals surface area contributed by atoms with Crippen molar-refractivity contribution in [3.05, 3.63) is 92.1 Å². The molecule has 0 saturated carbocycles. The van der Waals surface area contributed by atoms with Gasteiger partial charge in [0.05, 0.1) is 16.3 Å². The summed E-state index contributed by atoms with van der Waals surface area (Å²) in [6.07, 6.45) is 0. The molecule has 0 radical (unpaired) electrons. The van der Waals surface area contributed by atoms with Gasteiger partial charge in [-0.25, -0.2) is 0 Å². The molecule has 0 aliphatic carbocycles. The van der Waals surface area contributed by atoms with Crippen molar-refractivity contribution in [3.63, 3.8) is 0 Å². The lowest BCUT2D eigenvalue weighted by Gasteiger charge is -2.11. The van der Waals surface area contributed by atoms with Crippen molar-refractivity contribution in [1.29, 1.82) is 0 Å². The van der Waals surface area contributed by atoms with Crippen LogP contribution >= 0.6 is 52.8 Å². The van der Waals surface area contributed by atoms with E-state index in [1.807, 2.05) is 18.2 Å². The second-order valence-electron chi connectivity index (χ2n) is 7.30. The van der Waals surface area contributed by atoms with Gasteiger partial charge >= 0.3 is 7.60 Å². The van der Waals surface area contributed by atoms with Crippen LogP contribution < -0.4 is 5.30 Å². The molecule has 1 aromatic heterocycles. The third-order valence-electron chi connectivity index (χ3n) is 5.31. The summed E-state index contributed by atoms with van der Waals surface area (Å²) in [7, 11) is -4.31. The molecule has 0 fully saturated rings. The fourth-order valence-corrected chi connectivity index (χ4v) is 5.51. The molecule has 31 heavy (non-hydrogen) atoms. The summed E-state index contributed by atoms with van der Waals surface area (Å²) in [6.45, 7) is 0. The van der Waals surface area contributed by atoms with Gasteiger partial charge < -0.3 is 14.4 Å². The van der Waals surface area contributed by atoms with Crippen LogP contribution in [0, 0.1) is 7.14 Å². The molecule has 5 rings (SSSR count). The Morgan fingerprint density at radius 3 is 1.81 bits per heavy atom. The standard InChI is InChI=1S/C24H16I2NO3P/c25-17-7-9-23-21(13-17)22-14-18(26)8-10-24(22)27(23)19-5-1-3-15(11-19)16-4-2-6-20(12-16)31(28,29)30/h1-14H,(H2,28,29,30). The predicted molar refractivity (Wildman–Crippen MR) is 143 cm³/mol. The molecule has 4 nitrogen and oxygen atoms in total. The van der Waals surface area contributed by atoms with Gasteiger partial charge in [-0.3, -0.25) is 4.57 Å². The monoisotopic (exact) mass is 651 g/mol. The number of rotatable bonds is 3. The van der Waals surface area contributed by atoms with Crippen LogP contribution in [0.2, 0.25) is 0 Å². The third-order valence-corrected chi connectivity index (χ3v) is 7.60. The highest BCUT2D eigenvalue weighted by atomic mass is 127. The molecule has 0 spiro atoms. The van der Waals surface area contributed by atoms with Crippen LogP contribution in [0.3, 0.4) is 0 Å². The Hall–Kier alpha value is -1.71. The summed E-state index contributed by atoms with van der Waals surface area (Å²) in [4.78, 5) is 19.1. The van der Waals surface area contributed by atoms with E-state index >= 15 is 0 Å². The molecule has 0 bridgehead atoms. The topological polar surface area (TPSA) is 62.5 Å². The summed E-state index contributed by atoms with van der Waals surface area (Å²) in [5, 5.41) is 2.43. The lowest BCUT2D eigenvalue weighted by Crippen LogP contribution is -2.03. The van der Waals surface area contributed by atoms with Crippen molar-refractivity contribution < 1.29 is 14.4 Å². The van der Waals surface area contributed by atoms with Crippen molar-refractivity contribution in [3.8, 4) is 16.8 Å². The summed E-state index contributed by atoms with van der Waals surface area (Å²) >= 11 is 4.68. The molecular formula is C24H16I2NO3P. The molecule has 0 saturated heterocycles. The smallest absolute Gasteiger partial charge is 0.321 e. The van der Waals surface area contributed by atoms with Crippen LogP contribution in [0.1, 0.15) is 0 Å². The largest absolute Gasteiger partial charge is 0.356 e. The van der Waals surface area contributed by atoms with Crippen molar-refractivity contribution in [2.24, 2.45) is 0 Å². The normalized spacial score (nSPS) is 12.0. The van der Waals surface area contributed by atoms with Crippen molar-refractivity contribution in [2.75, 3.05) is 0 Å². The Labute approximate surface area is 206 Å². The number of aromatic nitrogens is 1. The van der Waals surface area contributed by atoms with Gasteiger partial charge in [0.25, 0.3) is 0 Å². The van der Waals surface area contributed by atoms with Gasteiger partial charge in [0, 0.05) is 23.6 Å². The minimum Gasteiger partial charge on any atom is -0.321 e. The van der Waals surface area contributed by atoms with Crippen LogP contribution in [0.5, 0.6) is 0 Å². The molecule has 154 valence electrons. The Morgan fingerprint density at radius 1 is 0.677 bits per heavy atom. The van der Waals surface area contributed by atoms with Gasteiger partial charge in [0.1, 0.15) is 0 Å². The van der Waals surface area contributed by atoms with Gasteiger partial charge in [-0.1, -0.05) is 24.3 Å². The number of hydrogen-bond acceptors (Lipinski definition) is 1. The van der Waals surface area contributed by atoms with Gasteiger partial charge in [-0.05, 0) is 117 Å². The summed E-state index contributed by atoms with van der Waals surface area (Å²) in [5.41, 5.74) is 4.92. The number of halogens is 2. The number of fused-ring (bicyclic) bond motifs is 3. The molecule has 1 heterocycles. The van der Waals surface area contributed by atoms with Crippen molar-refractivity contribution in [2.45, 2.75) is 0 Å². The molecule has 4 aromatic carbocycles. The van der Waals surface area contributed by atoms with Gasteiger partial charge in [-0.15, -0.1) is 0 Å². The maximum Gasteiger partial charge on any atom is 0.356 e. The Bertz CT molecular complexity index is 1460. The Balaban J connectivity index is 1.75. The first-order valence-electron chi connectivity index (χ1n) is 9.47. The highest BCUT2D eigenvalue weighted by Crippen LogP contribution is 2.36. The maximum absolute atomic E-state index is 11.7. The fourth-order valence-electron chi connectivity index (χ4n) is 3.94. The van der Waals surface area contributed by atoms with E-state index < -0.39 is 7.60 Å². The number of nitrogens with zero attached hydrogens (tertiary/aromatic N) is 1. The second-order valence-corrected chi connectivity index (χ2v) is 11.4. The summed E-state index contributed by atoms with van der Waals surface area (Å²) < 4.78 is 16.3. The van der Waals surface area contributed by atoms with E-state index in [0.717, 1.165) is 27.8 Å². The Morgan fingerprint density at radius 2 is 1.23 bits per heavy atom. The molecule has 0 unspecified atom stereocenters. The van der Waals surface area contributed by atoms with E-state index in [2.05, 4.69) is 98.3 Å². The van der Waals surface area contributed by atoms with Crippen molar-refractivity contribution >= 4 is 79.9 Å².